The lowest BCUT2D eigenvalue weighted by Crippen LogP contribution is -2.37. The Morgan fingerprint density at radius 1 is 1.47 bits per heavy atom. The van der Waals surface area contributed by atoms with E-state index < -0.39 is 5.97 Å². The molecular formula is C14H19FN2O2. The molecule has 0 saturated carbocycles. The van der Waals surface area contributed by atoms with Crippen LogP contribution in [0.15, 0.2) is 24.3 Å². The number of carboxylic acid groups (broad SMARTS) is 1. The largest absolute Gasteiger partial charge is 0.480 e. The zero-order valence-corrected chi connectivity index (χ0v) is 10.8. The van der Waals surface area contributed by atoms with Crippen molar-refractivity contribution in [3.05, 3.63) is 30.1 Å². The summed E-state index contributed by atoms with van der Waals surface area (Å²) in [6.45, 7) is 2.22. The average molecular weight is 266 g/mol. The predicted molar refractivity (Wildman–Crippen MR) is 71.7 cm³/mol. The fraction of sp³-hybridized carbons (Fsp3) is 0.500. The third-order valence-corrected chi connectivity index (χ3v) is 3.46. The van der Waals surface area contributed by atoms with Crippen molar-refractivity contribution in [3.8, 4) is 0 Å². The lowest BCUT2D eigenvalue weighted by atomic mass is 10.2. The Balaban J connectivity index is 1.72. The van der Waals surface area contributed by atoms with Crippen LogP contribution in [0.3, 0.4) is 0 Å². The first-order valence-corrected chi connectivity index (χ1v) is 6.64. The Morgan fingerprint density at radius 3 is 3.00 bits per heavy atom. The van der Waals surface area contributed by atoms with E-state index in [9.17, 15) is 9.18 Å². The van der Waals surface area contributed by atoms with Gasteiger partial charge in [0.15, 0.2) is 0 Å². The van der Waals surface area contributed by atoms with Crippen molar-refractivity contribution in [1.82, 2.24) is 4.90 Å². The zero-order chi connectivity index (χ0) is 13.7. The van der Waals surface area contributed by atoms with Gasteiger partial charge in [0, 0.05) is 13.1 Å². The summed E-state index contributed by atoms with van der Waals surface area (Å²) >= 11 is 0. The highest BCUT2D eigenvalue weighted by Gasteiger charge is 2.29. The number of nitrogens with one attached hydrogen (secondary N) is 1. The molecule has 2 N–H and O–H groups in total. The monoisotopic (exact) mass is 266 g/mol. The van der Waals surface area contributed by atoms with E-state index in [0.717, 1.165) is 32.4 Å². The summed E-state index contributed by atoms with van der Waals surface area (Å²) in [6, 6.07) is 6.22. The molecule has 1 aliphatic heterocycles. The second kappa shape index (κ2) is 6.52. The molecule has 0 aromatic heterocycles. The van der Waals surface area contributed by atoms with Gasteiger partial charge in [-0.15, -0.1) is 0 Å². The van der Waals surface area contributed by atoms with Gasteiger partial charge in [0.05, 0.1) is 5.69 Å². The molecule has 19 heavy (non-hydrogen) atoms. The van der Waals surface area contributed by atoms with Gasteiger partial charge >= 0.3 is 5.97 Å². The first kappa shape index (κ1) is 13.8. The quantitative estimate of drug-likeness (QED) is 0.775. The highest BCUT2D eigenvalue weighted by molar-refractivity contribution is 5.73. The zero-order valence-electron chi connectivity index (χ0n) is 10.8. The van der Waals surface area contributed by atoms with Crippen LogP contribution in [0.5, 0.6) is 0 Å². The SMILES string of the molecule is O=C(O)[C@H]1CCCN1CCCNc1ccccc1F. The van der Waals surface area contributed by atoms with Gasteiger partial charge in [-0.2, -0.15) is 0 Å². The molecule has 1 fully saturated rings. The maximum Gasteiger partial charge on any atom is 0.320 e. The Bertz CT molecular complexity index is 439. The lowest BCUT2D eigenvalue weighted by molar-refractivity contribution is -0.142. The number of aliphatic carboxylic acids is 1. The van der Waals surface area contributed by atoms with E-state index in [0.29, 0.717) is 12.2 Å². The molecule has 0 bridgehead atoms. The summed E-state index contributed by atoms with van der Waals surface area (Å²) in [6.07, 6.45) is 2.48. The van der Waals surface area contributed by atoms with Crippen molar-refractivity contribution >= 4 is 11.7 Å². The van der Waals surface area contributed by atoms with Crippen LogP contribution >= 0.6 is 0 Å². The summed E-state index contributed by atoms with van der Waals surface area (Å²) in [5.74, 6) is -0.994. The van der Waals surface area contributed by atoms with Crippen molar-refractivity contribution in [3.63, 3.8) is 0 Å². The molecule has 1 saturated heterocycles. The molecule has 0 aliphatic carbocycles. The van der Waals surface area contributed by atoms with E-state index >= 15 is 0 Å². The van der Waals surface area contributed by atoms with Crippen LogP contribution < -0.4 is 5.32 Å². The molecule has 0 spiro atoms. The van der Waals surface area contributed by atoms with E-state index in [2.05, 4.69) is 5.32 Å². The number of nitrogens with zero attached hydrogens (tertiary/aromatic N) is 1. The molecule has 1 aromatic rings. The number of carbonyl (C=O) groups is 1. The van der Waals surface area contributed by atoms with Crippen LogP contribution in [0.2, 0.25) is 0 Å². The molecule has 0 unspecified atom stereocenters. The molecule has 1 heterocycles. The number of anilines is 1. The van der Waals surface area contributed by atoms with Crippen LogP contribution in [0.1, 0.15) is 19.3 Å². The number of hydrogen-bond acceptors (Lipinski definition) is 3. The molecular weight excluding hydrogens is 247 g/mol. The molecule has 2 rings (SSSR count). The Kier molecular flexibility index (Phi) is 4.74. The fourth-order valence-electron chi connectivity index (χ4n) is 2.48. The summed E-state index contributed by atoms with van der Waals surface area (Å²) < 4.78 is 13.3. The van der Waals surface area contributed by atoms with E-state index in [1.807, 2.05) is 4.90 Å². The fourth-order valence-corrected chi connectivity index (χ4v) is 2.48. The minimum atomic E-state index is -0.737. The second-order valence-corrected chi connectivity index (χ2v) is 4.79. The maximum atomic E-state index is 13.3. The van der Waals surface area contributed by atoms with Crippen LogP contribution in [-0.4, -0.2) is 41.7 Å². The molecule has 104 valence electrons. The molecule has 0 radical (unpaired) electrons. The Morgan fingerprint density at radius 2 is 2.26 bits per heavy atom. The van der Waals surface area contributed by atoms with Gasteiger partial charge in [-0.25, -0.2) is 4.39 Å². The Hall–Kier alpha value is -1.62. The van der Waals surface area contributed by atoms with Crippen molar-refractivity contribution in [1.29, 1.82) is 0 Å². The second-order valence-electron chi connectivity index (χ2n) is 4.79. The number of rotatable bonds is 6. The number of benzene rings is 1. The van der Waals surface area contributed by atoms with Gasteiger partial charge in [-0.1, -0.05) is 12.1 Å². The highest BCUT2D eigenvalue weighted by Crippen LogP contribution is 2.17. The first-order valence-electron chi connectivity index (χ1n) is 6.64. The summed E-state index contributed by atoms with van der Waals surface area (Å²) in [5.41, 5.74) is 0.499. The van der Waals surface area contributed by atoms with Gasteiger partial charge in [0.25, 0.3) is 0 Å². The molecule has 4 nitrogen and oxygen atoms in total. The smallest absolute Gasteiger partial charge is 0.320 e. The molecule has 0 amide bonds. The van der Waals surface area contributed by atoms with Gasteiger partial charge in [-0.05, 0) is 37.9 Å². The van der Waals surface area contributed by atoms with Crippen molar-refractivity contribution < 1.29 is 14.3 Å². The predicted octanol–water partition coefficient (Wildman–Crippen LogP) is 2.18. The molecule has 1 aliphatic rings. The third kappa shape index (κ3) is 3.67. The minimum absolute atomic E-state index is 0.257. The highest BCUT2D eigenvalue weighted by atomic mass is 19.1. The van der Waals surface area contributed by atoms with Crippen LogP contribution in [0, 0.1) is 5.82 Å². The van der Waals surface area contributed by atoms with Gasteiger partial charge in [0.1, 0.15) is 11.9 Å². The standard InChI is InChI=1S/C14H19FN2O2/c15-11-5-1-2-6-12(11)16-8-4-10-17-9-3-7-13(17)14(18)19/h1-2,5-6,13,16H,3-4,7-10H2,(H,18,19)/t13-/m1/s1. The lowest BCUT2D eigenvalue weighted by Gasteiger charge is -2.20. The van der Waals surface area contributed by atoms with E-state index in [-0.39, 0.29) is 11.9 Å². The van der Waals surface area contributed by atoms with Crippen LogP contribution in [0.25, 0.3) is 0 Å². The van der Waals surface area contributed by atoms with E-state index in [1.54, 1.807) is 18.2 Å². The number of halogens is 1. The van der Waals surface area contributed by atoms with Crippen molar-refractivity contribution in [2.24, 2.45) is 0 Å². The first-order chi connectivity index (χ1) is 9.18. The van der Waals surface area contributed by atoms with Crippen molar-refractivity contribution in [2.45, 2.75) is 25.3 Å². The van der Waals surface area contributed by atoms with Crippen molar-refractivity contribution in [2.75, 3.05) is 25.0 Å². The number of para-hydroxylation sites is 1. The van der Waals surface area contributed by atoms with Crippen LogP contribution in [-0.2, 0) is 4.79 Å². The number of hydrogen-bond donors (Lipinski definition) is 2. The maximum absolute atomic E-state index is 13.3. The normalized spacial score (nSPS) is 19.5. The van der Waals surface area contributed by atoms with Gasteiger partial charge < -0.3 is 10.4 Å². The topological polar surface area (TPSA) is 52.6 Å². The molecule has 1 aromatic carbocycles. The molecule has 5 heteroatoms. The molecule has 1 atom stereocenters. The van der Waals surface area contributed by atoms with Gasteiger partial charge in [-0.3, -0.25) is 9.69 Å². The van der Waals surface area contributed by atoms with E-state index in [4.69, 9.17) is 5.11 Å². The number of likely N-dealkylation sites (tertiary alicyclic amines) is 1. The summed E-state index contributed by atoms with van der Waals surface area (Å²) in [5, 5.41) is 12.1. The van der Waals surface area contributed by atoms with Crippen LogP contribution in [0.4, 0.5) is 10.1 Å². The third-order valence-electron chi connectivity index (χ3n) is 3.46. The average Bonchev–Trinajstić information content (AvgIpc) is 2.85. The minimum Gasteiger partial charge on any atom is -0.480 e. The van der Waals surface area contributed by atoms with E-state index in [1.165, 1.54) is 6.07 Å². The Labute approximate surface area is 112 Å². The summed E-state index contributed by atoms with van der Waals surface area (Å²) in [4.78, 5) is 13.0. The number of carboxylic acids is 1. The van der Waals surface area contributed by atoms with Gasteiger partial charge in [0.2, 0.25) is 0 Å². The summed E-state index contributed by atoms with van der Waals surface area (Å²) in [7, 11) is 0.